The Morgan fingerprint density at radius 2 is 1.67 bits per heavy atom. The molecule has 1 aliphatic carbocycles. The smallest absolute Gasteiger partial charge is 0.169 e. The van der Waals surface area contributed by atoms with Crippen molar-refractivity contribution in [3.63, 3.8) is 0 Å². The molecule has 1 aromatic carbocycles. The zero-order chi connectivity index (χ0) is 19.4. The highest BCUT2D eigenvalue weighted by Gasteiger charge is 2.38. The fourth-order valence-electron chi connectivity index (χ4n) is 3.59. The van der Waals surface area contributed by atoms with E-state index in [0.29, 0.717) is 44.7 Å². The zero-order valence-electron chi connectivity index (χ0n) is 16.3. The molecule has 0 unspecified atom stereocenters. The lowest BCUT2D eigenvalue weighted by Gasteiger charge is -2.34. The second kappa shape index (κ2) is 8.09. The molecule has 3 rings (SSSR count). The van der Waals surface area contributed by atoms with Crippen LogP contribution in [-0.2, 0) is 14.3 Å². The molecule has 5 heteroatoms. The number of benzene rings is 1. The van der Waals surface area contributed by atoms with E-state index in [-0.39, 0.29) is 17.0 Å². The predicted octanol–water partition coefficient (Wildman–Crippen LogP) is 3.25. The molecular weight excluding hydrogens is 342 g/mol. The van der Waals surface area contributed by atoms with Gasteiger partial charge < -0.3 is 14.4 Å². The van der Waals surface area contributed by atoms with Crippen LogP contribution in [0.15, 0.2) is 41.6 Å². The summed E-state index contributed by atoms with van der Waals surface area (Å²) in [6, 6.07) is 7.68. The van der Waals surface area contributed by atoms with Gasteiger partial charge in [0, 0.05) is 25.9 Å². The van der Waals surface area contributed by atoms with Crippen molar-refractivity contribution in [1.29, 1.82) is 0 Å². The van der Waals surface area contributed by atoms with Gasteiger partial charge in [-0.05, 0) is 29.2 Å². The number of morpholine rings is 1. The fourth-order valence-corrected chi connectivity index (χ4v) is 3.59. The molecule has 0 amide bonds. The molecule has 0 atom stereocenters. The lowest BCUT2D eigenvalue weighted by Crippen LogP contribution is -2.39. The van der Waals surface area contributed by atoms with Crippen molar-refractivity contribution >= 4 is 17.6 Å². The Kier molecular flexibility index (Phi) is 5.80. The van der Waals surface area contributed by atoms with E-state index in [9.17, 15) is 9.59 Å². The molecule has 0 bridgehead atoms. The first-order valence-corrected chi connectivity index (χ1v) is 9.35. The minimum Gasteiger partial charge on any atom is -0.497 e. The van der Waals surface area contributed by atoms with Gasteiger partial charge in [-0.15, -0.1) is 0 Å². The number of hydrogen-bond acceptors (Lipinski definition) is 5. The highest BCUT2D eigenvalue weighted by atomic mass is 16.5. The van der Waals surface area contributed by atoms with Crippen LogP contribution in [0.4, 0.5) is 0 Å². The van der Waals surface area contributed by atoms with Crippen LogP contribution >= 0.6 is 0 Å². The van der Waals surface area contributed by atoms with Crippen molar-refractivity contribution in [2.75, 3.05) is 33.4 Å². The van der Waals surface area contributed by atoms with Crippen LogP contribution in [-0.4, -0.2) is 49.9 Å². The monoisotopic (exact) mass is 369 g/mol. The number of ether oxygens (including phenoxy) is 2. The van der Waals surface area contributed by atoms with Crippen LogP contribution in [0.5, 0.6) is 5.75 Å². The van der Waals surface area contributed by atoms with Crippen molar-refractivity contribution in [3.05, 3.63) is 47.2 Å². The lowest BCUT2D eigenvalue weighted by molar-refractivity contribution is -0.127. The van der Waals surface area contributed by atoms with Gasteiger partial charge in [0.1, 0.15) is 5.75 Å². The molecule has 0 radical (unpaired) electrons. The summed E-state index contributed by atoms with van der Waals surface area (Å²) in [7, 11) is 1.63. The van der Waals surface area contributed by atoms with Crippen LogP contribution in [0, 0.1) is 5.41 Å². The molecule has 2 fully saturated rings. The molecular formula is C22H27NO4. The number of carbonyl (C=O) groups excluding carboxylic acids is 2. The zero-order valence-corrected chi connectivity index (χ0v) is 16.3. The van der Waals surface area contributed by atoms with Crippen molar-refractivity contribution in [3.8, 4) is 5.75 Å². The van der Waals surface area contributed by atoms with Gasteiger partial charge in [0.25, 0.3) is 0 Å². The van der Waals surface area contributed by atoms with Crippen molar-refractivity contribution in [2.24, 2.45) is 5.41 Å². The Hall–Kier alpha value is -2.40. The molecule has 1 aliphatic heterocycles. The summed E-state index contributed by atoms with van der Waals surface area (Å²) in [5, 5.41) is 0. The van der Waals surface area contributed by atoms with Crippen LogP contribution in [0.2, 0.25) is 0 Å². The largest absolute Gasteiger partial charge is 0.497 e. The Labute approximate surface area is 160 Å². The van der Waals surface area contributed by atoms with Gasteiger partial charge in [0.2, 0.25) is 0 Å². The Balaban J connectivity index is 1.96. The van der Waals surface area contributed by atoms with Crippen molar-refractivity contribution in [1.82, 2.24) is 4.90 Å². The van der Waals surface area contributed by atoms with E-state index in [4.69, 9.17) is 9.47 Å². The van der Waals surface area contributed by atoms with E-state index in [1.54, 1.807) is 7.11 Å². The van der Waals surface area contributed by atoms with E-state index >= 15 is 0 Å². The van der Waals surface area contributed by atoms with Gasteiger partial charge in [-0.2, -0.15) is 0 Å². The molecule has 0 N–H and O–H groups in total. The maximum absolute atomic E-state index is 12.8. The number of ketones is 2. The number of hydrogen-bond donors (Lipinski definition) is 0. The molecule has 144 valence electrons. The second-order valence-electron chi connectivity index (χ2n) is 7.83. The summed E-state index contributed by atoms with van der Waals surface area (Å²) in [5.74, 6) is 0.674. The summed E-state index contributed by atoms with van der Waals surface area (Å²) >= 11 is 0. The molecule has 1 aromatic rings. The van der Waals surface area contributed by atoms with Crippen molar-refractivity contribution < 1.29 is 19.1 Å². The molecule has 27 heavy (non-hydrogen) atoms. The minimum atomic E-state index is -0.270. The summed E-state index contributed by atoms with van der Waals surface area (Å²) in [6.45, 7) is 6.50. The third kappa shape index (κ3) is 4.66. The van der Waals surface area contributed by atoms with Gasteiger partial charge in [-0.1, -0.05) is 32.1 Å². The number of nitrogens with zero attached hydrogens (tertiary/aromatic N) is 1. The molecule has 1 saturated heterocycles. The standard InChI is InChI=1S/C22H27NO4/c1-22(2)14-19(24)21(20(25)15-22)18(23-10-12-27-13-11-23)9-6-16-4-7-17(26-3)8-5-16/h4-9H,10-15H2,1-3H3/b9-6+. The maximum Gasteiger partial charge on any atom is 0.169 e. The number of allylic oxidation sites excluding steroid dienone is 2. The minimum absolute atomic E-state index is 0.0582. The normalized spacial score (nSPS) is 20.3. The van der Waals surface area contributed by atoms with Crippen LogP contribution in [0.3, 0.4) is 0 Å². The highest BCUT2D eigenvalue weighted by molar-refractivity contribution is 6.23. The SMILES string of the molecule is COc1ccc(/C=C/C(=C2C(=O)CC(C)(C)CC2=O)N2CCOCC2)cc1. The molecule has 0 aromatic heterocycles. The number of Topliss-reactive ketones (excluding diaryl/α,β-unsaturated/α-hetero) is 2. The predicted molar refractivity (Wildman–Crippen MR) is 104 cm³/mol. The first-order valence-electron chi connectivity index (χ1n) is 9.35. The molecule has 1 heterocycles. The average Bonchev–Trinajstić information content (AvgIpc) is 2.64. The summed E-state index contributed by atoms with van der Waals surface area (Å²) < 4.78 is 10.6. The van der Waals surface area contributed by atoms with E-state index < -0.39 is 0 Å². The fraction of sp³-hybridized carbons (Fsp3) is 0.455. The number of methoxy groups -OCH3 is 1. The van der Waals surface area contributed by atoms with E-state index in [0.717, 1.165) is 17.0 Å². The maximum atomic E-state index is 12.8. The average molecular weight is 369 g/mol. The van der Waals surface area contributed by atoms with Crippen LogP contribution in [0.1, 0.15) is 32.3 Å². The molecule has 5 nitrogen and oxygen atoms in total. The molecule has 0 spiro atoms. The summed E-state index contributed by atoms with van der Waals surface area (Å²) in [5.41, 5.74) is 1.78. The first-order chi connectivity index (χ1) is 12.9. The summed E-state index contributed by atoms with van der Waals surface area (Å²) in [4.78, 5) is 27.7. The van der Waals surface area contributed by atoms with E-state index in [2.05, 4.69) is 4.90 Å². The Morgan fingerprint density at radius 1 is 1.07 bits per heavy atom. The van der Waals surface area contributed by atoms with Gasteiger partial charge in [0.15, 0.2) is 11.6 Å². The van der Waals surface area contributed by atoms with Crippen LogP contribution in [0.25, 0.3) is 6.08 Å². The van der Waals surface area contributed by atoms with Gasteiger partial charge in [-0.25, -0.2) is 0 Å². The molecule has 2 aliphatic rings. The van der Waals surface area contributed by atoms with Crippen LogP contribution < -0.4 is 4.74 Å². The molecule has 1 saturated carbocycles. The van der Waals surface area contributed by atoms with Gasteiger partial charge in [0.05, 0.1) is 31.6 Å². The van der Waals surface area contributed by atoms with E-state index in [1.807, 2.05) is 50.3 Å². The third-order valence-electron chi connectivity index (χ3n) is 4.99. The number of rotatable bonds is 4. The lowest BCUT2D eigenvalue weighted by atomic mass is 9.73. The van der Waals surface area contributed by atoms with E-state index in [1.165, 1.54) is 0 Å². The topological polar surface area (TPSA) is 55.8 Å². The van der Waals surface area contributed by atoms with Gasteiger partial charge in [-0.3, -0.25) is 9.59 Å². The van der Waals surface area contributed by atoms with Gasteiger partial charge >= 0.3 is 0 Å². The quantitative estimate of drug-likeness (QED) is 0.602. The Bertz CT molecular complexity index is 746. The first kappa shape index (κ1) is 19.4. The highest BCUT2D eigenvalue weighted by Crippen LogP contribution is 2.35. The Morgan fingerprint density at radius 3 is 2.22 bits per heavy atom. The number of carbonyl (C=O) groups is 2. The summed E-state index contributed by atoms with van der Waals surface area (Å²) in [6.07, 6.45) is 4.64. The second-order valence-corrected chi connectivity index (χ2v) is 7.83. The van der Waals surface area contributed by atoms with Crippen molar-refractivity contribution in [2.45, 2.75) is 26.7 Å². The third-order valence-corrected chi connectivity index (χ3v) is 4.99.